The average molecular weight is 332 g/mol. The van der Waals surface area contributed by atoms with Crippen molar-refractivity contribution in [3.8, 4) is 5.75 Å². The molecule has 2 aliphatic rings. The lowest BCUT2D eigenvalue weighted by Crippen LogP contribution is -2.44. The standard InChI is InChI=1S/C19H28N2O3/c1-20-11-3-6-14-4-2-5-15-9-10-16(24-18(14)15)12-21-17(19(22)23)13-7-8-13/h2,4-5,13,16-17,20-21H,3,6-12H2,1H3,(H,22,23)/t16?,17-/m0/s1. The number of fused-ring (bicyclic) bond motifs is 1. The molecule has 1 unspecified atom stereocenters. The second kappa shape index (κ2) is 7.99. The van der Waals surface area contributed by atoms with Crippen LogP contribution in [0.15, 0.2) is 18.2 Å². The van der Waals surface area contributed by atoms with Gasteiger partial charge in [-0.15, -0.1) is 0 Å². The van der Waals surface area contributed by atoms with Crippen LogP contribution < -0.4 is 15.4 Å². The molecule has 0 saturated heterocycles. The van der Waals surface area contributed by atoms with Gasteiger partial charge in [0.25, 0.3) is 0 Å². The van der Waals surface area contributed by atoms with E-state index in [1.165, 1.54) is 11.1 Å². The smallest absolute Gasteiger partial charge is 0.320 e. The molecule has 3 N–H and O–H groups in total. The van der Waals surface area contributed by atoms with Crippen LogP contribution >= 0.6 is 0 Å². The highest BCUT2D eigenvalue weighted by Crippen LogP contribution is 2.34. The molecule has 132 valence electrons. The van der Waals surface area contributed by atoms with Crippen molar-refractivity contribution in [3.05, 3.63) is 29.3 Å². The third-order valence-electron chi connectivity index (χ3n) is 5.00. The number of hydrogen-bond acceptors (Lipinski definition) is 4. The zero-order chi connectivity index (χ0) is 16.9. The van der Waals surface area contributed by atoms with Crippen molar-refractivity contribution in [3.63, 3.8) is 0 Å². The van der Waals surface area contributed by atoms with Gasteiger partial charge in [-0.05, 0) is 69.2 Å². The molecule has 5 nitrogen and oxygen atoms in total. The lowest BCUT2D eigenvalue weighted by Gasteiger charge is -2.29. The van der Waals surface area contributed by atoms with E-state index in [0.717, 1.165) is 50.8 Å². The first kappa shape index (κ1) is 17.2. The maximum absolute atomic E-state index is 11.3. The minimum absolute atomic E-state index is 0.0588. The quantitative estimate of drug-likeness (QED) is 0.603. The van der Waals surface area contributed by atoms with E-state index in [-0.39, 0.29) is 6.10 Å². The number of hydrogen-bond donors (Lipinski definition) is 3. The molecule has 0 bridgehead atoms. The maximum Gasteiger partial charge on any atom is 0.320 e. The minimum atomic E-state index is -0.735. The number of aryl methyl sites for hydroxylation is 2. The zero-order valence-corrected chi connectivity index (χ0v) is 14.4. The molecule has 1 heterocycles. The van der Waals surface area contributed by atoms with Gasteiger partial charge in [-0.3, -0.25) is 4.79 Å². The number of carboxylic acid groups (broad SMARTS) is 1. The second-order valence-corrected chi connectivity index (χ2v) is 6.95. The lowest BCUT2D eigenvalue weighted by atomic mass is 9.97. The van der Waals surface area contributed by atoms with E-state index in [1.807, 2.05) is 7.05 Å². The van der Waals surface area contributed by atoms with Crippen LogP contribution in [0, 0.1) is 5.92 Å². The van der Waals surface area contributed by atoms with Crippen molar-refractivity contribution in [1.82, 2.24) is 10.6 Å². The van der Waals surface area contributed by atoms with Crippen LogP contribution in [-0.4, -0.2) is 43.4 Å². The number of ether oxygens (including phenoxy) is 1. The molecule has 1 aromatic rings. The molecule has 3 rings (SSSR count). The van der Waals surface area contributed by atoms with Crippen molar-refractivity contribution in [2.24, 2.45) is 5.92 Å². The van der Waals surface area contributed by atoms with Gasteiger partial charge in [-0.1, -0.05) is 18.2 Å². The molecule has 1 aliphatic carbocycles. The second-order valence-electron chi connectivity index (χ2n) is 6.95. The van der Waals surface area contributed by atoms with E-state index in [2.05, 4.69) is 28.8 Å². The first-order valence-corrected chi connectivity index (χ1v) is 9.07. The maximum atomic E-state index is 11.3. The van der Waals surface area contributed by atoms with Crippen molar-refractivity contribution in [1.29, 1.82) is 0 Å². The summed E-state index contributed by atoms with van der Waals surface area (Å²) in [5, 5.41) is 15.7. The Morgan fingerprint density at radius 2 is 2.21 bits per heavy atom. The summed E-state index contributed by atoms with van der Waals surface area (Å²) in [4.78, 5) is 11.3. The molecule has 1 aliphatic heterocycles. The topological polar surface area (TPSA) is 70.6 Å². The van der Waals surface area contributed by atoms with Gasteiger partial charge in [0.2, 0.25) is 0 Å². The fourth-order valence-electron chi connectivity index (χ4n) is 3.47. The minimum Gasteiger partial charge on any atom is -0.489 e. The Hall–Kier alpha value is -1.59. The van der Waals surface area contributed by atoms with Crippen LogP contribution in [0.3, 0.4) is 0 Å². The van der Waals surface area contributed by atoms with E-state index in [1.54, 1.807) is 0 Å². The fraction of sp³-hybridized carbons (Fsp3) is 0.632. The number of nitrogens with one attached hydrogen (secondary N) is 2. The van der Waals surface area contributed by atoms with Gasteiger partial charge in [-0.25, -0.2) is 0 Å². The summed E-state index contributed by atoms with van der Waals surface area (Å²) in [6.07, 6.45) is 6.14. The molecule has 1 aromatic carbocycles. The summed E-state index contributed by atoms with van der Waals surface area (Å²) in [5.41, 5.74) is 2.55. The number of rotatable bonds is 9. The Morgan fingerprint density at radius 3 is 2.92 bits per heavy atom. The Morgan fingerprint density at radius 1 is 1.38 bits per heavy atom. The largest absolute Gasteiger partial charge is 0.489 e. The first-order chi connectivity index (χ1) is 11.7. The van der Waals surface area contributed by atoms with Gasteiger partial charge >= 0.3 is 5.97 Å². The molecule has 1 fully saturated rings. The predicted molar refractivity (Wildman–Crippen MR) is 93.6 cm³/mol. The van der Waals surface area contributed by atoms with Crippen LogP contribution in [-0.2, 0) is 17.6 Å². The Labute approximate surface area is 143 Å². The van der Waals surface area contributed by atoms with Crippen molar-refractivity contribution in [2.45, 2.75) is 50.7 Å². The van der Waals surface area contributed by atoms with Crippen molar-refractivity contribution in [2.75, 3.05) is 20.1 Å². The van der Waals surface area contributed by atoms with Crippen LogP contribution in [0.1, 0.15) is 36.8 Å². The molecule has 2 atom stereocenters. The highest BCUT2D eigenvalue weighted by Gasteiger charge is 2.36. The number of para-hydroxylation sites is 1. The molecule has 5 heteroatoms. The van der Waals surface area contributed by atoms with Crippen LogP contribution in [0.5, 0.6) is 5.75 Å². The number of carbonyl (C=O) groups is 1. The Kier molecular flexibility index (Phi) is 5.74. The molecule has 0 radical (unpaired) electrons. The van der Waals surface area contributed by atoms with Gasteiger partial charge in [-0.2, -0.15) is 0 Å². The average Bonchev–Trinajstić information content (AvgIpc) is 3.40. The molecular weight excluding hydrogens is 304 g/mol. The zero-order valence-electron chi connectivity index (χ0n) is 14.4. The van der Waals surface area contributed by atoms with Crippen LogP contribution in [0.4, 0.5) is 0 Å². The summed E-state index contributed by atoms with van der Waals surface area (Å²) in [6.45, 7) is 1.61. The summed E-state index contributed by atoms with van der Waals surface area (Å²) in [6, 6.07) is 5.99. The normalized spacial score (nSPS) is 21.0. The van der Waals surface area contributed by atoms with Gasteiger partial charge < -0.3 is 20.5 Å². The van der Waals surface area contributed by atoms with E-state index in [0.29, 0.717) is 12.5 Å². The summed E-state index contributed by atoms with van der Waals surface area (Å²) < 4.78 is 6.25. The van der Waals surface area contributed by atoms with Gasteiger partial charge in [0, 0.05) is 6.54 Å². The number of aliphatic carboxylic acids is 1. The third kappa shape index (κ3) is 4.28. The highest BCUT2D eigenvalue weighted by molar-refractivity contribution is 5.74. The molecule has 0 amide bonds. The third-order valence-corrected chi connectivity index (χ3v) is 5.00. The molecule has 1 saturated carbocycles. The van der Waals surface area contributed by atoms with Crippen LogP contribution in [0.2, 0.25) is 0 Å². The Bertz CT molecular complexity index is 572. The molecule has 0 spiro atoms. The molecule has 0 aromatic heterocycles. The van der Waals surface area contributed by atoms with E-state index in [4.69, 9.17) is 4.74 Å². The van der Waals surface area contributed by atoms with Crippen molar-refractivity contribution >= 4 is 5.97 Å². The number of benzene rings is 1. The monoisotopic (exact) mass is 332 g/mol. The Balaban J connectivity index is 1.59. The first-order valence-electron chi connectivity index (χ1n) is 9.07. The van der Waals surface area contributed by atoms with Gasteiger partial charge in [0.15, 0.2) is 0 Å². The highest BCUT2D eigenvalue weighted by atomic mass is 16.5. The predicted octanol–water partition coefficient (Wildman–Crippen LogP) is 1.98. The van der Waals surface area contributed by atoms with E-state index >= 15 is 0 Å². The summed E-state index contributed by atoms with van der Waals surface area (Å²) in [7, 11) is 1.97. The van der Waals surface area contributed by atoms with Crippen molar-refractivity contribution < 1.29 is 14.6 Å². The summed E-state index contributed by atoms with van der Waals surface area (Å²) >= 11 is 0. The molecule has 24 heavy (non-hydrogen) atoms. The van der Waals surface area contributed by atoms with E-state index < -0.39 is 12.0 Å². The van der Waals surface area contributed by atoms with E-state index in [9.17, 15) is 9.90 Å². The lowest BCUT2D eigenvalue weighted by molar-refractivity contribution is -0.140. The SMILES string of the molecule is CNCCCc1cccc2c1OC(CN[C@H](C(=O)O)C1CC1)CC2. The van der Waals surface area contributed by atoms with Gasteiger partial charge in [0.05, 0.1) is 0 Å². The van der Waals surface area contributed by atoms with Gasteiger partial charge in [0.1, 0.15) is 17.9 Å². The fourth-order valence-corrected chi connectivity index (χ4v) is 3.47. The summed E-state index contributed by atoms with van der Waals surface area (Å²) in [5.74, 6) is 0.599. The van der Waals surface area contributed by atoms with Crippen LogP contribution in [0.25, 0.3) is 0 Å². The molecular formula is C19H28N2O3. The number of carboxylic acids is 1.